The molecular weight excluding hydrogens is 515 g/mol. The second-order valence-corrected chi connectivity index (χ2v) is 11.5. The van der Waals surface area contributed by atoms with Crippen LogP contribution in [0.5, 0.6) is 5.75 Å². The summed E-state index contributed by atoms with van der Waals surface area (Å²) in [6.45, 7) is 4.01. The van der Waals surface area contributed by atoms with Crippen LogP contribution in [-0.4, -0.2) is 69.7 Å². The number of benzene rings is 2. The van der Waals surface area contributed by atoms with Gasteiger partial charge in [-0.2, -0.15) is 13.2 Å². The number of halogens is 3. The highest BCUT2D eigenvalue weighted by Gasteiger charge is 2.30. The molecule has 10 heteroatoms. The number of amides is 1. The van der Waals surface area contributed by atoms with Crippen LogP contribution in [0.1, 0.15) is 24.8 Å². The number of nitrogens with zero attached hydrogens (tertiary/aromatic N) is 3. The van der Waals surface area contributed by atoms with E-state index in [1.54, 1.807) is 6.07 Å². The van der Waals surface area contributed by atoms with Gasteiger partial charge in [0.2, 0.25) is 10.6 Å². The Balaban J connectivity index is 1.05. The van der Waals surface area contributed by atoms with Gasteiger partial charge in [-0.3, -0.25) is 9.69 Å². The molecule has 0 radical (unpaired) electrons. The number of piperazine rings is 1. The van der Waals surface area contributed by atoms with Crippen molar-refractivity contribution in [2.75, 3.05) is 61.9 Å². The van der Waals surface area contributed by atoms with Crippen LogP contribution in [-0.2, 0) is 16.0 Å². The van der Waals surface area contributed by atoms with Crippen LogP contribution in [0.25, 0.3) is 10.1 Å². The van der Waals surface area contributed by atoms with Gasteiger partial charge >= 0.3 is 6.18 Å². The number of thiophene rings is 1. The Morgan fingerprint density at radius 2 is 1.76 bits per heavy atom. The highest BCUT2D eigenvalue weighted by molar-refractivity contribution is 7.37. The van der Waals surface area contributed by atoms with Crippen LogP contribution in [0.4, 0.5) is 18.9 Å². The molecule has 1 atom stereocenters. The summed E-state index contributed by atoms with van der Waals surface area (Å²) in [4.78, 5) is 16.1. The number of hydrogen-bond donors (Lipinski definition) is 0. The molecule has 0 spiro atoms. The first kappa shape index (κ1) is 26.9. The van der Waals surface area contributed by atoms with E-state index in [0.717, 1.165) is 51.1 Å². The molecule has 6 nitrogen and oxygen atoms in total. The van der Waals surface area contributed by atoms with E-state index in [9.17, 15) is 18.0 Å². The topological polar surface area (TPSA) is 45.2 Å². The number of alkyl halides is 3. The van der Waals surface area contributed by atoms with E-state index in [0.29, 0.717) is 24.5 Å². The van der Waals surface area contributed by atoms with E-state index >= 15 is 0 Å². The van der Waals surface area contributed by atoms with Gasteiger partial charge in [-0.15, -0.1) is 4.31 Å². The van der Waals surface area contributed by atoms with E-state index < -0.39 is 19.5 Å². The third-order valence-corrected chi connectivity index (χ3v) is 9.15. The molecule has 204 valence electrons. The molecule has 2 aliphatic rings. The number of fused-ring (bicyclic) bond motifs is 2. The highest BCUT2D eigenvalue weighted by Crippen LogP contribution is 2.34. The van der Waals surface area contributed by atoms with Crippen molar-refractivity contribution in [1.82, 2.24) is 4.90 Å². The summed E-state index contributed by atoms with van der Waals surface area (Å²) >= 11 is 0. The molecule has 3 heterocycles. The molecular formula is C28H33F3N3O3S+. The number of aryl methyl sites for hydroxylation is 1. The lowest BCUT2D eigenvalue weighted by atomic mass is 10.0. The van der Waals surface area contributed by atoms with Crippen molar-refractivity contribution >= 4 is 32.3 Å². The molecule has 2 aromatic carbocycles. The van der Waals surface area contributed by atoms with Crippen LogP contribution in [0.15, 0.2) is 53.9 Å². The van der Waals surface area contributed by atoms with Crippen LogP contribution >= 0.6 is 10.7 Å². The minimum absolute atomic E-state index is 0.0779. The SMILES string of the molecule is O=C1CCc2ccc(OCCCCN3CCN([s+]4ccc5ccccc54)CC3)cc2N1COCC(F)(F)F. The second-order valence-electron chi connectivity index (χ2n) is 9.69. The number of ether oxygens (including phenoxy) is 2. The number of carbonyl (C=O) groups excluding carboxylic acids is 1. The summed E-state index contributed by atoms with van der Waals surface area (Å²) in [5, 5.41) is 3.68. The molecule has 3 aromatic rings. The lowest BCUT2D eigenvalue weighted by Crippen LogP contribution is -2.46. The number of rotatable bonds is 10. The molecule has 1 fully saturated rings. The average molecular weight is 549 g/mol. The number of anilines is 1. The number of unbranched alkanes of at least 4 members (excludes halogenated alkanes) is 1. The molecule has 1 aromatic heterocycles. The third kappa shape index (κ3) is 6.66. The Morgan fingerprint density at radius 1 is 0.947 bits per heavy atom. The van der Waals surface area contributed by atoms with E-state index in [4.69, 9.17) is 9.47 Å². The lowest BCUT2D eigenvalue weighted by Gasteiger charge is -2.30. The molecule has 38 heavy (non-hydrogen) atoms. The Bertz CT molecular complexity index is 1240. The fourth-order valence-electron chi connectivity index (χ4n) is 5.02. The van der Waals surface area contributed by atoms with Crippen LogP contribution in [0, 0.1) is 0 Å². The van der Waals surface area contributed by atoms with Gasteiger partial charge in [-0.25, -0.2) is 0 Å². The zero-order valence-electron chi connectivity index (χ0n) is 21.3. The maximum atomic E-state index is 12.5. The van der Waals surface area contributed by atoms with E-state index in [2.05, 4.69) is 44.9 Å². The van der Waals surface area contributed by atoms with Crippen LogP contribution in [0.3, 0.4) is 0 Å². The van der Waals surface area contributed by atoms with Gasteiger partial charge in [0.15, 0.2) is 5.38 Å². The lowest BCUT2D eigenvalue weighted by molar-refractivity contribution is -0.174. The fourth-order valence-corrected chi connectivity index (χ4v) is 7.05. The zero-order valence-corrected chi connectivity index (χ0v) is 22.1. The summed E-state index contributed by atoms with van der Waals surface area (Å²) in [7, 11) is 0.0779. The van der Waals surface area contributed by atoms with Crippen molar-refractivity contribution in [2.45, 2.75) is 31.9 Å². The van der Waals surface area contributed by atoms with Crippen molar-refractivity contribution in [3.05, 3.63) is 59.5 Å². The molecule has 0 aliphatic carbocycles. The van der Waals surface area contributed by atoms with Gasteiger partial charge in [0.25, 0.3) is 0 Å². The first-order valence-electron chi connectivity index (χ1n) is 13.1. The van der Waals surface area contributed by atoms with E-state index in [1.165, 1.54) is 15.0 Å². The van der Waals surface area contributed by atoms with Crippen molar-refractivity contribution in [2.24, 2.45) is 0 Å². The Kier molecular flexibility index (Phi) is 8.52. The molecule has 2 aliphatic heterocycles. The first-order valence-corrected chi connectivity index (χ1v) is 14.3. The summed E-state index contributed by atoms with van der Waals surface area (Å²) in [5.74, 6) is 0.365. The van der Waals surface area contributed by atoms with Crippen LogP contribution in [0.2, 0.25) is 0 Å². The number of hydrogen-bond acceptors (Lipinski definition) is 5. The smallest absolute Gasteiger partial charge is 0.411 e. The molecule has 5 rings (SSSR count). The molecule has 1 amide bonds. The summed E-state index contributed by atoms with van der Waals surface area (Å²) in [6.07, 6.45) is -1.70. The quantitative estimate of drug-likeness (QED) is 0.247. The second kappa shape index (κ2) is 12.0. The summed E-state index contributed by atoms with van der Waals surface area (Å²) in [6, 6.07) is 16.4. The molecule has 1 saturated heterocycles. The maximum Gasteiger partial charge on any atom is 0.411 e. The normalized spacial score (nSPS) is 17.7. The number of carbonyl (C=O) groups is 1. The minimum atomic E-state index is -4.43. The molecule has 0 bridgehead atoms. The Hall–Kier alpha value is -2.66. The standard InChI is InChI=1S/C28H33F3N3O3S/c29-28(30,31)20-36-21-34-25-19-24(9-7-22(25)8-10-27(34)35)37-17-4-3-12-32-13-15-33(16-14-32)38-18-11-23-5-1-2-6-26(23)38/h1-2,5-7,9,11,18-19H,3-4,8,10,12-17,20-21H2/q+1. The highest BCUT2D eigenvalue weighted by atomic mass is 32.2. The first-order chi connectivity index (χ1) is 18.4. The third-order valence-electron chi connectivity index (χ3n) is 7.01. The zero-order chi connectivity index (χ0) is 26.5. The van der Waals surface area contributed by atoms with Gasteiger partial charge in [-0.05, 0) is 43.5 Å². The maximum absolute atomic E-state index is 12.5. The largest absolute Gasteiger partial charge is 0.494 e. The van der Waals surface area contributed by atoms with Crippen molar-refractivity contribution < 1.29 is 27.4 Å². The van der Waals surface area contributed by atoms with Crippen LogP contribution < -0.4 is 13.9 Å². The van der Waals surface area contributed by atoms with Gasteiger partial charge < -0.3 is 14.4 Å². The van der Waals surface area contributed by atoms with Gasteiger partial charge in [0, 0.05) is 43.1 Å². The predicted molar refractivity (Wildman–Crippen MR) is 145 cm³/mol. The van der Waals surface area contributed by atoms with E-state index in [-0.39, 0.29) is 23.0 Å². The van der Waals surface area contributed by atoms with Gasteiger partial charge in [-0.1, -0.05) is 18.2 Å². The van der Waals surface area contributed by atoms with Crippen molar-refractivity contribution in [3.8, 4) is 5.75 Å². The summed E-state index contributed by atoms with van der Waals surface area (Å²) < 4.78 is 52.1. The van der Waals surface area contributed by atoms with Gasteiger partial charge in [0.1, 0.15) is 19.1 Å². The minimum Gasteiger partial charge on any atom is -0.494 e. The molecule has 0 saturated carbocycles. The molecule has 1 unspecified atom stereocenters. The van der Waals surface area contributed by atoms with Crippen molar-refractivity contribution in [3.63, 3.8) is 0 Å². The Labute approximate surface area is 223 Å². The Morgan fingerprint density at radius 3 is 2.58 bits per heavy atom. The predicted octanol–water partition coefficient (Wildman–Crippen LogP) is 5.52. The van der Waals surface area contributed by atoms with Crippen molar-refractivity contribution in [1.29, 1.82) is 0 Å². The van der Waals surface area contributed by atoms with Gasteiger partial charge in [0.05, 0.1) is 36.0 Å². The monoisotopic (exact) mass is 548 g/mol. The molecule has 0 N–H and O–H groups in total. The summed E-state index contributed by atoms with van der Waals surface area (Å²) in [5.41, 5.74) is 1.48. The average Bonchev–Trinajstić information content (AvgIpc) is 3.34. The van der Waals surface area contributed by atoms with E-state index in [1.807, 2.05) is 12.1 Å². The fraction of sp³-hybridized carbons (Fsp3) is 0.464.